The summed E-state index contributed by atoms with van der Waals surface area (Å²) in [7, 11) is 0. The number of aliphatic imine (C=N–C) groups is 1. The molecule has 12 heteroatoms. The van der Waals surface area contributed by atoms with Crippen LogP contribution in [0, 0.1) is 11.8 Å². The van der Waals surface area contributed by atoms with Gasteiger partial charge in [0.1, 0.15) is 18.7 Å². The molecule has 0 aromatic heterocycles. The lowest BCUT2D eigenvalue weighted by Crippen LogP contribution is -2.57. The van der Waals surface area contributed by atoms with Crippen molar-refractivity contribution in [2.45, 2.75) is 91.0 Å². The molecule has 3 atom stereocenters. The second-order valence-electron chi connectivity index (χ2n) is 12.4. The lowest BCUT2D eigenvalue weighted by Gasteiger charge is -2.28. The Morgan fingerprint density at radius 1 is 0.787 bits per heavy atom. The lowest BCUT2D eigenvalue weighted by molar-refractivity contribution is -0.131. The molecule has 0 radical (unpaired) electrons. The van der Waals surface area contributed by atoms with E-state index in [0.717, 1.165) is 18.4 Å². The Kier molecular flexibility index (Phi) is 17.4. The number of hydrogen-bond donors (Lipinski definition) is 6. The maximum absolute atomic E-state index is 13.5. The third kappa shape index (κ3) is 16.5. The third-order valence-corrected chi connectivity index (χ3v) is 7.47. The van der Waals surface area contributed by atoms with E-state index in [0.29, 0.717) is 19.3 Å². The molecule has 0 saturated carbocycles. The van der Waals surface area contributed by atoms with E-state index in [1.54, 1.807) is 0 Å². The standard InChI is InChI=1S/C35H53N7O5/c1-24(2)21-29(33(45)41-30(25(3)4)22-39-31(43)19-11-17-26-13-7-5-8-14-26)40-32(44)28(18-12-20-38-34(36)37)42-35(46)47-23-27-15-9-6-10-16-27/h5-10,13-16,24-25,28-30H,11-12,17-23H2,1-4H3,(H,39,43)(H,40,44)(H,41,45)(H,42,46)(H4,36,37,38)/t28-,29-,30+/m0/s1. The van der Waals surface area contributed by atoms with E-state index < -0.39 is 24.1 Å². The quantitative estimate of drug-likeness (QED) is 0.0720. The van der Waals surface area contributed by atoms with Gasteiger partial charge in [-0.2, -0.15) is 0 Å². The maximum atomic E-state index is 13.5. The third-order valence-electron chi connectivity index (χ3n) is 7.47. The molecule has 2 rings (SSSR count). The van der Waals surface area contributed by atoms with Gasteiger partial charge < -0.3 is 37.5 Å². The molecule has 0 fully saturated rings. The summed E-state index contributed by atoms with van der Waals surface area (Å²) < 4.78 is 5.33. The zero-order valence-corrected chi connectivity index (χ0v) is 28.2. The topological polar surface area (TPSA) is 190 Å². The Hall–Kier alpha value is -4.61. The zero-order valence-electron chi connectivity index (χ0n) is 28.2. The molecule has 0 saturated heterocycles. The molecule has 0 heterocycles. The number of amides is 4. The van der Waals surface area contributed by atoms with Gasteiger partial charge in [0.25, 0.3) is 0 Å². The fourth-order valence-corrected chi connectivity index (χ4v) is 4.80. The number of carbonyl (C=O) groups is 4. The van der Waals surface area contributed by atoms with Crippen molar-refractivity contribution < 1.29 is 23.9 Å². The molecule has 2 aromatic rings. The summed E-state index contributed by atoms with van der Waals surface area (Å²) in [6.07, 6.45) is 2.13. The zero-order chi connectivity index (χ0) is 34.6. The molecule has 4 amide bonds. The van der Waals surface area contributed by atoms with E-state index in [2.05, 4.69) is 26.3 Å². The molecule has 258 valence electrons. The smallest absolute Gasteiger partial charge is 0.408 e. The number of hydrogen-bond acceptors (Lipinski definition) is 6. The SMILES string of the molecule is CC(C)C[C@H](NC(=O)[C@H](CCCN=C(N)N)NC(=O)OCc1ccccc1)C(=O)N[C@H](CNC(=O)CCCc1ccccc1)C(C)C. The van der Waals surface area contributed by atoms with E-state index in [-0.39, 0.29) is 61.8 Å². The Morgan fingerprint density at radius 3 is 2.00 bits per heavy atom. The first-order valence-corrected chi connectivity index (χ1v) is 16.4. The van der Waals surface area contributed by atoms with Gasteiger partial charge in [0, 0.05) is 25.6 Å². The first-order valence-electron chi connectivity index (χ1n) is 16.4. The molecular weight excluding hydrogens is 598 g/mol. The van der Waals surface area contributed by atoms with Crippen LogP contribution in [0.15, 0.2) is 65.7 Å². The van der Waals surface area contributed by atoms with Gasteiger partial charge in [0.2, 0.25) is 17.7 Å². The number of rotatable bonds is 20. The molecule has 0 unspecified atom stereocenters. The highest BCUT2D eigenvalue weighted by Gasteiger charge is 2.29. The molecular formula is C35H53N7O5. The summed E-state index contributed by atoms with van der Waals surface area (Å²) >= 11 is 0. The van der Waals surface area contributed by atoms with E-state index in [1.807, 2.05) is 88.4 Å². The first kappa shape index (κ1) is 38.6. The van der Waals surface area contributed by atoms with Crippen molar-refractivity contribution in [2.24, 2.45) is 28.3 Å². The second kappa shape index (κ2) is 21.2. The van der Waals surface area contributed by atoms with Crippen LogP contribution in [0.2, 0.25) is 0 Å². The number of carbonyl (C=O) groups excluding carboxylic acids is 4. The fraction of sp³-hybridized carbons (Fsp3) is 0.514. The van der Waals surface area contributed by atoms with Crippen molar-refractivity contribution >= 4 is 29.8 Å². The molecule has 2 aromatic carbocycles. The highest BCUT2D eigenvalue weighted by Crippen LogP contribution is 2.10. The van der Waals surface area contributed by atoms with E-state index >= 15 is 0 Å². The van der Waals surface area contributed by atoms with Crippen molar-refractivity contribution in [1.29, 1.82) is 0 Å². The minimum Gasteiger partial charge on any atom is -0.445 e. The molecule has 12 nitrogen and oxygen atoms in total. The van der Waals surface area contributed by atoms with Crippen LogP contribution in [0.5, 0.6) is 0 Å². The lowest BCUT2D eigenvalue weighted by atomic mass is 9.99. The van der Waals surface area contributed by atoms with Gasteiger partial charge in [0.15, 0.2) is 5.96 Å². The minimum atomic E-state index is -0.994. The molecule has 47 heavy (non-hydrogen) atoms. The van der Waals surface area contributed by atoms with E-state index in [1.165, 1.54) is 5.56 Å². The fourth-order valence-electron chi connectivity index (χ4n) is 4.80. The second-order valence-corrected chi connectivity index (χ2v) is 12.4. The van der Waals surface area contributed by atoms with Gasteiger partial charge in [-0.25, -0.2) is 4.79 Å². The largest absolute Gasteiger partial charge is 0.445 e. The van der Waals surface area contributed by atoms with Crippen LogP contribution in [0.1, 0.15) is 70.9 Å². The van der Waals surface area contributed by atoms with Gasteiger partial charge in [-0.1, -0.05) is 88.4 Å². The highest BCUT2D eigenvalue weighted by molar-refractivity contribution is 5.91. The van der Waals surface area contributed by atoms with Crippen molar-refractivity contribution in [3.63, 3.8) is 0 Å². The molecule has 8 N–H and O–H groups in total. The number of ether oxygens (including phenoxy) is 1. The van der Waals surface area contributed by atoms with Crippen molar-refractivity contribution in [1.82, 2.24) is 21.3 Å². The maximum Gasteiger partial charge on any atom is 0.408 e. The Balaban J connectivity index is 2.01. The van der Waals surface area contributed by atoms with Crippen LogP contribution in [-0.2, 0) is 32.1 Å². The van der Waals surface area contributed by atoms with Crippen LogP contribution < -0.4 is 32.7 Å². The first-order chi connectivity index (χ1) is 22.4. The Morgan fingerprint density at radius 2 is 1.40 bits per heavy atom. The summed E-state index contributed by atoms with van der Waals surface area (Å²) in [5.41, 5.74) is 12.8. The molecule has 0 aliphatic carbocycles. The monoisotopic (exact) mass is 651 g/mol. The molecule has 0 aliphatic rings. The summed E-state index contributed by atoms with van der Waals surface area (Å²) in [6.45, 7) is 8.38. The van der Waals surface area contributed by atoms with Crippen LogP contribution in [0.25, 0.3) is 0 Å². The number of nitrogens with one attached hydrogen (secondary N) is 4. The minimum absolute atomic E-state index is 0.0170. The van der Waals surface area contributed by atoms with Gasteiger partial charge in [-0.15, -0.1) is 0 Å². The van der Waals surface area contributed by atoms with Crippen LogP contribution in [0.4, 0.5) is 4.79 Å². The average Bonchev–Trinajstić information content (AvgIpc) is 3.03. The predicted molar refractivity (Wildman–Crippen MR) is 184 cm³/mol. The van der Waals surface area contributed by atoms with Crippen LogP contribution in [-0.4, -0.2) is 61.0 Å². The molecule has 0 bridgehead atoms. The molecule has 0 spiro atoms. The number of benzene rings is 2. The normalized spacial score (nSPS) is 12.8. The Labute approximate surface area is 278 Å². The number of aryl methyl sites for hydroxylation is 1. The highest BCUT2D eigenvalue weighted by atomic mass is 16.5. The van der Waals surface area contributed by atoms with Crippen molar-refractivity contribution in [3.8, 4) is 0 Å². The van der Waals surface area contributed by atoms with Gasteiger partial charge >= 0.3 is 6.09 Å². The summed E-state index contributed by atoms with van der Waals surface area (Å²) in [6, 6.07) is 17.0. The number of nitrogens with two attached hydrogens (primary N) is 2. The van der Waals surface area contributed by atoms with Gasteiger partial charge in [-0.3, -0.25) is 19.4 Å². The van der Waals surface area contributed by atoms with Gasteiger partial charge in [-0.05, 0) is 55.1 Å². The number of guanidine groups is 1. The van der Waals surface area contributed by atoms with Gasteiger partial charge in [0.05, 0.1) is 0 Å². The van der Waals surface area contributed by atoms with Crippen molar-refractivity contribution in [3.05, 3.63) is 71.8 Å². The van der Waals surface area contributed by atoms with E-state index in [9.17, 15) is 19.2 Å². The average molecular weight is 652 g/mol. The molecule has 0 aliphatic heterocycles. The Bertz CT molecular complexity index is 1270. The predicted octanol–water partition coefficient (Wildman–Crippen LogP) is 3.15. The number of alkyl carbamates (subject to hydrolysis) is 1. The van der Waals surface area contributed by atoms with Crippen molar-refractivity contribution in [2.75, 3.05) is 13.1 Å². The summed E-state index contributed by atoms with van der Waals surface area (Å²) in [4.78, 5) is 56.2. The van der Waals surface area contributed by atoms with E-state index in [4.69, 9.17) is 16.2 Å². The van der Waals surface area contributed by atoms with Crippen LogP contribution in [0.3, 0.4) is 0 Å². The van der Waals surface area contributed by atoms with Crippen LogP contribution >= 0.6 is 0 Å². The summed E-state index contributed by atoms with van der Waals surface area (Å²) in [5, 5.41) is 11.4. The number of nitrogens with zero attached hydrogens (tertiary/aromatic N) is 1. The summed E-state index contributed by atoms with van der Waals surface area (Å²) in [5.74, 6) is -0.949.